The Morgan fingerprint density at radius 1 is 0.889 bits per heavy atom. The summed E-state index contributed by atoms with van der Waals surface area (Å²) >= 11 is 0. The predicted molar refractivity (Wildman–Crippen MR) is 125 cm³/mol. The Kier molecular flexibility index (Phi) is 7.44. The number of benzene rings is 2. The van der Waals surface area contributed by atoms with Gasteiger partial charge in [0.05, 0.1) is 21.0 Å². The molecule has 14 nitrogen and oxygen atoms in total. The molecule has 0 bridgehead atoms. The van der Waals surface area contributed by atoms with Crippen LogP contribution in [-0.2, 0) is 20.2 Å². The van der Waals surface area contributed by atoms with Crippen molar-refractivity contribution in [2.45, 2.75) is 16.2 Å². The largest absolute Gasteiger partial charge is 0.504 e. The zero-order chi connectivity index (χ0) is 26.7. The van der Waals surface area contributed by atoms with Crippen LogP contribution < -0.4 is 5.73 Å². The average Bonchev–Trinajstić information content (AvgIpc) is 2.80. The summed E-state index contributed by atoms with van der Waals surface area (Å²) in [5.74, 6) is -2.35. The lowest BCUT2D eigenvalue weighted by atomic mass is 10.1. The molecule has 0 radical (unpaired) electrons. The van der Waals surface area contributed by atoms with E-state index in [0.29, 0.717) is 18.1 Å². The number of anilines is 1. The minimum atomic E-state index is -4.68. The Balaban J connectivity index is 2.10. The number of aromatic hydroxyl groups is 1. The van der Waals surface area contributed by atoms with Crippen LogP contribution in [0.25, 0.3) is 0 Å². The number of rotatable bonds is 7. The van der Waals surface area contributed by atoms with Crippen LogP contribution in [0.5, 0.6) is 5.75 Å². The number of azo groups is 2. The van der Waals surface area contributed by atoms with Gasteiger partial charge in [-0.1, -0.05) is 24.3 Å². The van der Waals surface area contributed by atoms with E-state index in [4.69, 9.17) is 10.3 Å². The molecular weight excluding hydrogens is 518 g/mol. The first-order valence-electron chi connectivity index (χ1n) is 9.62. The Hall–Kier alpha value is -4.25. The maximum atomic E-state index is 11.6. The fraction of sp³-hybridized carbons (Fsp3) is 0.0500. The van der Waals surface area contributed by atoms with Gasteiger partial charge >= 0.3 is 5.97 Å². The molecule has 0 amide bonds. The van der Waals surface area contributed by atoms with Crippen molar-refractivity contribution in [1.82, 2.24) is 0 Å². The first-order chi connectivity index (χ1) is 16.8. The number of carboxylic acid groups (broad SMARTS) is 1. The van der Waals surface area contributed by atoms with Gasteiger partial charge in [-0.3, -0.25) is 9.11 Å². The van der Waals surface area contributed by atoms with E-state index in [1.807, 2.05) is 0 Å². The third-order valence-electron chi connectivity index (χ3n) is 4.56. The highest BCUT2D eigenvalue weighted by atomic mass is 32.2. The number of carboxylic acids is 1. The smallest absolute Gasteiger partial charge is 0.338 e. The lowest BCUT2D eigenvalue weighted by Crippen LogP contribution is -2.02. The van der Waals surface area contributed by atoms with Gasteiger partial charge < -0.3 is 15.9 Å². The number of phenols is 1. The monoisotopic (exact) mass is 535 g/mol. The summed E-state index contributed by atoms with van der Waals surface area (Å²) in [5, 5.41) is 34.9. The Labute approximate surface area is 204 Å². The van der Waals surface area contributed by atoms with E-state index in [0.717, 1.165) is 24.3 Å². The van der Waals surface area contributed by atoms with Crippen molar-refractivity contribution in [2.75, 3.05) is 5.73 Å². The molecule has 0 spiro atoms. The molecule has 0 saturated heterocycles. The van der Waals surface area contributed by atoms with Gasteiger partial charge in [0.25, 0.3) is 20.2 Å². The Morgan fingerprint density at radius 2 is 1.53 bits per heavy atom. The van der Waals surface area contributed by atoms with E-state index in [2.05, 4.69) is 20.5 Å². The molecule has 1 aliphatic carbocycles. The normalized spacial score (nSPS) is 15.6. The average molecular weight is 536 g/mol. The first-order valence-corrected chi connectivity index (χ1v) is 12.5. The van der Waals surface area contributed by atoms with E-state index < -0.39 is 58.7 Å². The molecule has 188 valence electrons. The lowest BCUT2D eigenvalue weighted by Gasteiger charge is -2.07. The highest BCUT2D eigenvalue weighted by molar-refractivity contribution is 7.86. The van der Waals surface area contributed by atoms with Crippen LogP contribution in [0, 0.1) is 0 Å². The number of nitrogen functional groups attached to an aromatic ring is 1. The van der Waals surface area contributed by atoms with Crippen LogP contribution in [-0.4, -0.2) is 42.1 Å². The number of hydrogen-bond acceptors (Lipinski definition) is 11. The molecule has 0 atom stereocenters. The maximum Gasteiger partial charge on any atom is 0.338 e. The van der Waals surface area contributed by atoms with E-state index in [1.165, 1.54) is 0 Å². The molecule has 0 aromatic heterocycles. The zero-order valence-corrected chi connectivity index (χ0v) is 19.5. The van der Waals surface area contributed by atoms with E-state index in [1.54, 1.807) is 24.3 Å². The number of allylic oxidation sites excluding steroid dienone is 5. The van der Waals surface area contributed by atoms with Crippen LogP contribution in [0.4, 0.5) is 17.1 Å². The second kappa shape index (κ2) is 10.2. The number of nitrogens with two attached hydrogens (primary N) is 1. The van der Waals surface area contributed by atoms with Gasteiger partial charge in [-0.2, -0.15) is 16.8 Å². The van der Waals surface area contributed by atoms with Crippen LogP contribution in [0.1, 0.15) is 16.8 Å². The van der Waals surface area contributed by atoms with Crippen molar-refractivity contribution < 1.29 is 40.9 Å². The third kappa shape index (κ3) is 6.25. The SMILES string of the molecule is Nc1cc(S(=O)(=O)O)cc(N=N/C(N=Nc2ccc(S(=O)(=O)O)cc2C(=O)O)=C2\C=CC=CC2)c1O. The maximum absolute atomic E-state index is 11.6. The van der Waals surface area contributed by atoms with Crippen LogP contribution in [0.2, 0.25) is 0 Å². The van der Waals surface area contributed by atoms with Crippen molar-refractivity contribution >= 4 is 43.3 Å². The molecule has 1 aliphatic rings. The molecule has 0 aliphatic heterocycles. The molecule has 3 rings (SSSR count). The number of phenolic OH excluding ortho intramolecular Hbond substituents is 1. The minimum Gasteiger partial charge on any atom is -0.504 e. The van der Waals surface area contributed by atoms with E-state index >= 15 is 0 Å². The molecule has 36 heavy (non-hydrogen) atoms. The van der Waals surface area contributed by atoms with Crippen molar-refractivity contribution in [3.8, 4) is 5.75 Å². The molecule has 0 unspecified atom stereocenters. The summed E-state index contributed by atoms with van der Waals surface area (Å²) in [5.41, 5.74) is 4.33. The second-order valence-corrected chi connectivity index (χ2v) is 9.90. The van der Waals surface area contributed by atoms with E-state index in [9.17, 15) is 36.4 Å². The number of aromatic carboxylic acids is 1. The number of hydrogen-bond donors (Lipinski definition) is 5. The summed E-state index contributed by atoms with van der Waals surface area (Å²) in [6, 6.07) is 4.27. The molecule has 0 fully saturated rings. The molecule has 0 heterocycles. The van der Waals surface area contributed by atoms with Crippen LogP contribution in [0.15, 0.2) is 96.3 Å². The predicted octanol–water partition coefficient (Wildman–Crippen LogP) is 3.76. The highest BCUT2D eigenvalue weighted by Gasteiger charge is 2.18. The van der Waals surface area contributed by atoms with Crippen molar-refractivity contribution in [3.05, 3.63) is 71.6 Å². The molecule has 6 N–H and O–H groups in total. The zero-order valence-electron chi connectivity index (χ0n) is 17.9. The van der Waals surface area contributed by atoms with Crippen molar-refractivity contribution in [3.63, 3.8) is 0 Å². The van der Waals surface area contributed by atoms with Crippen molar-refractivity contribution in [2.24, 2.45) is 20.5 Å². The molecule has 16 heteroatoms. The van der Waals surface area contributed by atoms with Crippen LogP contribution in [0.3, 0.4) is 0 Å². The summed E-state index contributed by atoms with van der Waals surface area (Å²) in [4.78, 5) is 10.3. The molecule has 0 saturated carbocycles. The van der Waals surface area contributed by atoms with Gasteiger partial charge in [0.1, 0.15) is 11.4 Å². The highest BCUT2D eigenvalue weighted by Crippen LogP contribution is 2.36. The summed E-state index contributed by atoms with van der Waals surface area (Å²) in [6.45, 7) is 0. The number of carbonyl (C=O) groups is 1. The number of nitrogens with zero attached hydrogens (tertiary/aromatic N) is 4. The van der Waals surface area contributed by atoms with Gasteiger partial charge in [0, 0.05) is 5.57 Å². The standard InChI is InChI=1S/C20H17N5O9S2/c21-15-9-13(36(32,33)34)10-17(18(15)26)23-25-19(11-4-2-1-3-5-11)24-22-16-7-6-12(35(29,30)31)8-14(16)20(27)28/h1-4,6-10,26H,5,21H2,(H,27,28)(H,29,30,31)(H,32,33,34)/b19-11+,24-22?,25-23?. The Bertz CT molecular complexity index is 1610. The lowest BCUT2D eigenvalue weighted by molar-refractivity contribution is 0.0697. The van der Waals surface area contributed by atoms with Gasteiger partial charge in [0.2, 0.25) is 0 Å². The van der Waals surface area contributed by atoms with Crippen LogP contribution >= 0.6 is 0 Å². The third-order valence-corrected chi connectivity index (χ3v) is 6.24. The minimum absolute atomic E-state index is 0.180. The van der Waals surface area contributed by atoms with Gasteiger partial charge in [-0.05, 0) is 36.8 Å². The fourth-order valence-corrected chi connectivity index (χ4v) is 3.85. The van der Waals surface area contributed by atoms with E-state index in [-0.39, 0.29) is 11.5 Å². The summed E-state index contributed by atoms with van der Waals surface area (Å²) < 4.78 is 64.0. The van der Waals surface area contributed by atoms with Gasteiger partial charge in [0.15, 0.2) is 11.6 Å². The molecule has 2 aromatic carbocycles. The van der Waals surface area contributed by atoms with Gasteiger partial charge in [-0.25, -0.2) is 4.79 Å². The molecule has 2 aromatic rings. The Morgan fingerprint density at radius 3 is 2.08 bits per heavy atom. The fourth-order valence-electron chi connectivity index (χ4n) is 2.80. The quantitative estimate of drug-likeness (QED) is 0.149. The summed E-state index contributed by atoms with van der Waals surface area (Å²) in [7, 11) is -9.35. The topological polar surface area (TPSA) is 242 Å². The first kappa shape index (κ1) is 26.4. The molecular formula is C20H17N5O9S2. The second-order valence-electron chi connectivity index (χ2n) is 7.05. The van der Waals surface area contributed by atoms with Crippen molar-refractivity contribution in [1.29, 1.82) is 0 Å². The van der Waals surface area contributed by atoms with Gasteiger partial charge in [-0.15, -0.1) is 20.5 Å². The summed E-state index contributed by atoms with van der Waals surface area (Å²) in [6.07, 6.45) is 7.00.